The lowest BCUT2D eigenvalue weighted by atomic mass is 10.0. The van der Waals surface area contributed by atoms with Crippen LogP contribution in [0.25, 0.3) is 0 Å². The fraction of sp³-hybridized carbons (Fsp3) is 0.333. The van der Waals surface area contributed by atoms with Crippen molar-refractivity contribution in [1.29, 1.82) is 0 Å². The number of benzene rings is 1. The predicted octanol–water partition coefficient (Wildman–Crippen LogP) is 5.59. The molecule has 0 fully saturated rings. The van der Waals surface area contributed by atoms with Crippen molar-refractivity contribution in [3.05, 3.63) is 55.4 Å². The summed E-state index contributed by atoms with van der Waals surface area (Å²) < 4.78 is 14.9. The van der Waals surface area contributed by atoms with Crippen LogP contribution in [0.4, 0.5) is 4.39 Å². The van der Waals surface area contributed by atoms with E-state index >= 15 is 0 Å². The van der Waals surface area contributed by atoms with Crippen molar-refractivity contribution >= 4 is 34.5 Å². The van der Waals surface area contributed by atoms with Crippen LogP contribution in [-0.4, -0.2) is 6.54 Å². The standard InChI is InChI=1S/C15H16Cl2FNS/c1-3-7-19-14(12-8-9(2)15(17)20-12)13-10(16)5-4-6-11(13)18/h4-6,8,14,19H,3,7H2,1-2H3. The summed E-state index contributed by atoms with van der Waals surface area (Å²) in [7, 11) is 0. The third-order valence-electron chi connectivity index (χ3n) is 3.05. The molecule has 0 radical (unpaired) electrons. The van der Waals surface area contributed by atoms with E-state index in [1.807, 2.05) is 13.0 Å². The van der Waals surface area contributed by atoms with Gasteiger partial charge in [-0.25, -0.2) is 4.39 Å². The Bertz CT molecular complexity index is 558. The highest BCUT2D eigenvalue weighted by Crippen LogP contribution is 2.37. The number of thiophene rings is 1. The van der Waals surface area contributed by atoms with Gasteiger partial charge in [-0.15, -0.1) is 11.3 Å². The molecule has 1 N–H and O–H groups in total. The van der Waals surface area contributed by atoms with Gasteiger partial charge in [-0.05, 0) is 43.7 Å². The lowest BCUT2D eigenvalue weighted by Gasteiger charge is -2.19. The first-order valence-electron chi connectivity index (χ1n) is 6.47. The minimum atomic E-state index is -0.298. The van der Waals surface area contributed by atoms with Crippen LogP contribution < -0.4 is 5.32 Å². The van der Waals surface area contributed by atoms with Crippen LogP contribution in [0, 0.1) is 12.7 Å². The van der Waals surface area contributed by atoms with Crippen molar-refractivity contribution in [2.45, 2.75) is 26.3 Å². The van der Waals surface area contributed by atoms with Gasteiger partial charge in [0.15, 0.2) is 0 Å². The molecular formula is C15H16Cl2FNS. The Morgan fingerprint density at radius 2 is 2.10 bits per heavy atom. The normalized spacial score (nSPS) is 12.7. The molecule has 0 saturated heterocycles. The SMILES string of the molecule is CCCNC(c1cc(C)c(Cl)s1)c1c(F)cccc1Cl. The number of hydrogen-bond donors (Lipinski definition) is 1. The smallest absolute Gasteiger partial charge is 0.129 e. The molecule has 0 saturated carbocycles. The lowest BCUT2D eigenvalue weighted by molar-refractivity contribution is 0.551. The summed E-state index contributed by atoms with van der Waals surface area (Å²) in [5.41, 5.74) is 1.49. The zero-order chi connectivity index (χ0) is 14.7. The minimum Gasteiger partial charge on any atom is -0.305 e. The van der Waals surface area contributed by atoms with Crippen LogP contribution in [0.1, 0.15) is 35.4 Å². The van der Waals surface area contributed by atoms with Gasteiger partial charge in [0.25, 0.3) is 0 Å². The molecule has 2 rings (SSSR count). The zero-order valence-corrected chi connectivity index (χ0v) is 13.7. The van der Waals surface area contributed by atoms with Gasteiger partial charge < -0.3 is 5.32 Å². The van der Waals surface area contributed by atoms with E-state index in [0.717, 1.165) is 27.7 Å². The highest BCUT2D eigenvalue weighted by molar-refractivity contribution is 7.16. The van der Waals surface area contributed by atoms with Crippen LogP contribution >= 0.6 is 34.5 Å². The fourth-order valence-corrected chi connectivity index (χ4v) is 3.62. The predicted molar refractivity (Wildman–Crippen MR) is 85.6 cm³/mol. The molecule has 0 aliphatic heterocycles. The van der Waals surface area contributed by atoms with Crippen molar-refractivity contribution in [2.24, 2.45) is 0 Å². The zero-order valence-electron chi connectivity index (χ0n) is 11.3. The van der Waals surface area contributed by atoms with Crippen molar-refractivity contribution in [1.82, 2.24) is 5.32 Å². The maximum atomic E-state index is 14.2. The first kappa shape index (κ1) is 15.8. The second kappa shape index (κ2) is 6.90. The van der Waals surface area contributed by atoms with Crippen LogP contribution in [0.2, 0.25) is 9.36 Å². The molecule has 1 atom stereocenters. The Hall–Kier alpha value is -0.610. The summed E-state index contributed by atoms with van der Waals surface area (Å²) >= 11 is 13.8. The molecule has 5 heteroatoms. The number of aryl methyl sites for hydroxylation is 1. The maximum Gasteiger partial charge on any atom is 0.129 e. The summed E-state index contributed by atoms with van der Waals surface area (Å²) in [5, 5.41) is 3.78. The molecule has 0 bridgehead atoms. The molecule has 0 amide bonds. The highest BCUT2D eigenvalue weighted by Gasteiger charge is 2.22. The highest BCUT2D eigenvalue weighted by atomic mass is 35.5. The molecule has 0 aliphatic carbocycles. The Labute approximate surface area is 132 Å². The molecule has 108 valence electrons. The van der Waals surface area contributed by atoms with Gasteiger partial charge in [0.1, 0.15) is 5.82 Å². The van der Waals surface area contributed by atoms with E-state index in [2.05, 4.69) is 12.2 Å². The second-order valence-electron chi connectivity index (χ2n) is 4.63. The summed E-state index contributed by atoms with van der Waals surface area (Å²) in [5.74, 6) is -0.298. The third kappa shape index (κ3) is 3.34. The average molecular weight is 332 g/mol. The van der Waals surface area contributed by atoms with E-state index in [1.165, 1.54) is 17.4 Å². The molecule has 1 nitrogen and oxygen atoms in total. The topological polar surface area (TPSA) is 12.0 Å². The maximum absolute atomic E-state index is 14.2. The van der Waals surface area contributed by atoms with E-state index in [1.54, 1.807) is 12.1 Å². The van der Waals surface area contributed by atoms with Crippen LogP contribution in [0.3, 0.4) is 0 Å². The third-order valence-corrected chi connectivity index (χ3v) is 5.00. The molecule has 20 heavy (non-hydrogen) atoms. The van der Waals surface area contributed by atoms with Gasteiger partial charge in [-0.3, -0.25) is 0 Å². The molecule has 1 heterocycles. The van der Waals surface area contributed by atoms with Crippen LogP contribution in [0.15, 0.2) is 24.3 Å². The Morgan fingerprint density at radius 1 is 1.35 bits per heavy atom. The van der Waals surface area contributed by atoms with Gasteiger partial charge in [-0.1, -0.05) is 36.2 Å². The molecular weight excluding hydrogens is 316 g/mol. The summed E-state index contributed by atoms with van der Waals surface area (Å²) in [6, 6.07) is 6.49. The Balaban J connectivity index is 2.47. The number of nitrogens with one attached hydrogen (secondary N) is 1. The lowest BCUT2D eigenvalue weighted by Crippen LogP contribution is -2.23. The molecule has 1 aromatic carbocycles. The van der Waals surface area contributed by atoms with Gasteiger partial charge in [0.2, 0.25) is 0 Å². The monoisotopic (exact) mass is 331 g/mol. The Kier molecular flexibility index (Phi) is 5.44. The minimum absolute atomic E-state index is 0.264. The van der Waals surface area contributed by atoms with Crippen LogP contribution in [-0.2, 0) is 0 Å². The van der Waals surface area contributed by atoms with Crippen molar-refractivity contribution < 1.29 is 4.39 Å². The van der Waals surface area contributed by atoms with E-state index in [4.69, 9.17) is 23.2 Å². The van der Waals surface area contributed by atoms with Gasteiger partial charge in [-0.2, -0.15) is 0 Å². The van der Waals surface area contributed by atoms with Crippen molar-refractivity contribution in [2.75, 3.05) is 6.54 Å². The van der Waals surface area contributed by atoms with Crippen molar-refractivity contribution in [3.63, 3.8) is 0 Å². The second-order valence-corrected chi connectivity index (χ2v) is 6.72. The van der Waals surface area contributed by atoms with Gasteiger partial charge in [0, 0.05) is 15.5 Å². The van der Waals surface area contributed by atoms with E-state index in [9.17, 15) is 4.39 Å². The van der Waals surface area contributed by atoms with Gasteiger partial charge >= 0.3 is 0 Å². The average Bonchev–Trinajstić information content (AvgIpc) is 2.73. The molecule has 0 spiro atoms. The number of rotatable bonds is 5. The summed E-state index contributed by atoms with van der Waals surface area (Å²) in [4.78, 5) is 0.980. The Morgan fingerprint density at radius 3 is 2.65 bits per heavy atom. The quantitative estimate of drug-likeness (QED) is 0.752. The summed E-state index contributed by atoms with van der Waals surface area (Å²) in [6.45, 7) is 4.80. The van der Waals surface area contributed by atoms with Crippen molar-refractivity contribution in [3.8, 4) is 0 Å². The number of hydrogen-bond acceptors (Lipinski definition) is 2. The molecule has 1 aromatic heterocycles. The van der Waals surface area contributed by atoms with Crippen LogP contribution in [0.5, 0.6) is 0 Å². The first-order valence-corrected chi connectivity index (χ1v) is 8.05. The van der Waals surface area contributed by atoms with E-state index in [0.29, 0.717) is 10.6 Å². The van der Waals surface area contributed by atoms with Gasteiger partial charge in [0.05, 0.1) is 10.4 Å². The fourth-order valence-electron chi connectivity index (χ4n) is 2.05. The molecule has 0 aliphatic rings. The van der Waals surface area contributed by atoms with E-state index in [-0.39, 0.29) is 11.9 Å². The number of halogens is 3. The molecule has 1 unspecified atom stereocenters. The summed E-state index contributed by atoms with van der Waals surface area (Å²) in [6.07, 6.45) is 0.959. The van der Waals surface area contributed by atoms with E-state index < -0.39 is 0 Å². The molecule has 2 aromatic rings. The largest absolute Gasteiger partial charge is 0.305 e. The first-order chi connectivity index (χ1) is 9.54.